The van der Waals surface area contributed by atoms with Gasteiger partial charge in [0.2, 0.25) is 0 Å². The second-order valence-corrected chi connectivity index (χ2v) is 6.10. The van der Waals surface area contributed by atoms with Crippen molar-refractivity contribution in [2.75, 3.05) is 12.8 Å². The number of nitrogens with two attached hydrogens (primary N) is 1. The maximum absolute atomic E-state index is 10.5. The molecule has 0 aliphatic carbocycles. The van der Waals surface area contributed by atoms with Crippen LogP contribution in [0.4, 0.5) is 5.82 Å². The molecule has 0 spiro atoms. The molecular weight excluding hydrogens is 310 g/mol. The van der Waals surface area contributed by atoms with E-state index in [1.165, 1.54) is 0 Å². The zero-order chi connectivity index (χ0) is 17.5. The molecule has 0 atom stereocenters. The van der Waals surface area contributed by atoms with Crippen molar-refractivity contribution in [2.24, 2.45) is 0 Å². The van der Waals surface area contributed by atoms with Gasteiger partial charge in [-0.05, 0) is 44.2 Å². The number of pyridine rings is 1. The van der Waals surface area contributed by atoms with Crippen molar-refractivity contribution in [3.63, 3.8) is 0 Å². The van der Waals surface area contributed by atoms with Gasteiger partial charge in [-0.2, -0.15) is 0 Å². The van der Waals surface area contributed by atoms with Crippen LogP contribution in [0.3, 0.4) is 0 Å². The van der Waals surface area contributed by atoms with Gasteiger partial charge in [0.1, 0.15) is 11.1 Å². The van der Waals surface area contributed by atoms with Crippen LogP contribution in [0.2, 0.25) is 0 Å². The lowest BCUT2D eigenvalue weighted by molar-refractivity contribution is 0.0752. The Morgan fingerprint density at radius 2 is 2.08 bits per heavy atom. The molecule has 3 aromatic rings. The first-order valence-electron chi connectivity index (χ1n) is 7.72. The van der Waals surface area contributed by atoms with Crippen LogP contribution >= 0.6 is 0 Å². The number of hydrogen-bond donors (Lipinski definition) is 3. The number of nitrogen functional groups attached to an aromatic ring is 1. The van der Waals surface area contributed by atoms with Crippen molar-refractivity contribution in [1.29, 1.82) is 0 Å². The number of aryl methyl sites for hydroxylation is 1. The molecule has 0 aromatic carbocycles. The first-order valence-corrected chi connectivity index (χ1v) is 7.72. The zero-order valence-corrected chi connectivity index (χ0v) is 14.2. The zero-order valence-electron chi connectivity index (χ0n) is 14.2. The number of aromatic nitrogens is 5. The fraction of sp³-hybridized carbons (Fsp3) is 0.467. The van der Waals surface area contributed by atoms with Crippen LogP contribution in [0, 0.1) is 0 Å². The summed E-state index contributed by atoms with van der Waals surface area (Å²) in [6.07, 6.45) is 0. The Kier molecular flexibility index (Phi) is 3.98. The van der Waals surface area contributed by atoms with E-state index < -0.39 is 5.60 Å². The van der Waals surface area contributed by atoms with E-state index in [0.717, 1.165) is 11.2 Å². The van der Waals surface area contributed by atoms with Crippen LogP contribution in [-0.4, -0.2) is 37.0 Å². The van der Waals surface area contributed by atoms with Crippen LogP contribution in [0.5, 0.6) is 0 Å². The summed E-state index contributed by atoms with van der Waals surface area (Å²) in [6, 6.07) is 1.95. The normalized spacial score (nSPS) is 12.2. The number of nitrogens with zero attached hydrogens (tertiary/aromatic N) is 5. The highest BCUT2D eigenvalue weighted by atomic mass is 16.6. The minimum absolute atomic E-state index is 0.174. The van der Waals surface area contributed by atoms with Crippen molar-refractivity contribution in [1.82, 2.24) is 30.2 Å². The highest BCUT2D eigenvalue weighted by Crippen LogP contribution is 2.32. The van der Waals surface area contributed by atoms with E-state index in [4.69, 9.17) is 10.4 Å². The largest absolute Gasteiger partial charge is 0.384 e. The van der Waals surface area contributed by atoms with Crippen LogP contribution < -0.4 is 11.1 Å². The molecule has 0 radical (unpaired) electrons. The monoisotopic (exact) mass is 331 g/mol. The summed E-state index contributed by atoms with van der Waals surface area (Å²) in [5.74, 6) is 0.716. The molecule has 0 saturated carbocycles. The number of nitrogens with one attached hydrogen (secondary N) is 1. The first kappa shape index (κ1) is 16.3. The van der Waals surface area contributed by atoms with Gasteiger partial charge in [0.15, 0.2) is 17.3 Å². The van der Waals surface area contributed by atoms with Crippen molar-refractivity contribution in [3.8, 4) is 11.5 Å². The van der Waals surface area contributed by atoms with E-state index in [0.29, 0.717) is 35.8 Å². The average molecular weight is 331 g/mol. The van der Waals surface area contributed by atoms with E-state index in [2.05, 4.69) is 25.6 Å². The molecule has 3 rings (SSSR count). The van der Waals surface area contributed by atoms with E-state index in [-0.39, 0.29) is 5.82 Å². The third kappa shape index (κ3) is 2.61. The third-order valence-electron chi connectivity index (χ3n) is 3.77. The minimum Gasteiger partial charge on any atom is -0.384 e. The Hall–Kier alpha value is -2.52. The standard InChI is InChI=1S/C15H21N7O2/c1-5-22-9-6-8(7-17-4)18-12(15(2,3)23)10(9)19-14(22)11-13(16)21-24-20-11/h6,17,23H,5,7H2,1-4H3,(H2,16,21). The topological polar surface area (TPSA) is 128 Å². The summed E-state index contributed by atoms with van der Waals surface area (Å²) in [5.41, 5.74) is 7.85. The number of imidazole rings is 1. The maximum atomic E-state index is 10.5. The molecule has 0 bridgehead atoms. The second kappa shape index (κ2) is 5.84. The van der Waals surface area contributed by atoms with E-state index in [9.17, 15) is 5.11 Å². The summed E-state index contributed by atoms with van der Waals surface area (Å²) < 4.78 is 6.66. The summed E-state index contributed by atoms with van der Waals surface area (Å²) >= 11 is 0. The molecule has 3 heterocycles. The Bertz CT molecular complexity index is 876. The van der Waals surface area contributed by atoms with Crippen LogP contribution in [0.15, 0.2) is 10.7 Å². The molecule has 0 aliphatic rings. The number of rotatable bonds is 5. The van der Waals surface area contributed by atoms with Crippen molar-refractivity contribution in [3.05, 3.63) is 17.5 Å². The molecule has 9 heteroatoms. The molecule has 0 amide bonds. The molecule has 0 aliphatic heterocycles. The lowest BCUT2D eigenvalue weighted by Crippen LogP contribution is -2.20. The van der Waals surface area contributed by atoms with Crippen molar-refractivity contribution in [2.45, 2.75) is 39.5 Å². The summed E-state index contributed by atoms with van der Waals surface area (Å²) in [4.78, 5) is 9.21. The predicted octanol–water partition coefficient (Wildman–Crippen LogP) is 1.03. The van der Waals surface area contributed by atoms with Gasteiger partial charge in [-0.15, -0.1) is 0 Å². The Labute approximate surface area is 138 Å². The molecule has 9 nitrogen and oxygen atoms in total. The molecule has 0 fully saturated rings. The van der Waals surface area contributed by atoms with Crippen LogP contribution in [-0.2, 0) is 18.7 Å². The average Bonchev–Trinajstić information content (AvgIpc) is 3.08. The lowest BCUT2D eigenvalue weighted by atomic mass is 10.0. The first-order chi connectivity index (χ1) is 11.4. The summed E-state index contributed by atoms with van der Waals surface area (Å²) in [5, 5.41) is 21.1. The Morgan fingerprint density at radius 3 is 2.62 bits per heavy atom. The van der Waals surface area contributed by atoms with Gasteiger partial charge in [-0.25, -0.2) is 9.61 Å². The molecule has 24 heavy (non-hydrogen) atoms. The van der Waals surface area contributed by atoms with Gasteiger partial charge < -0.3 is 20.7 Å². The van der Waals surface area contributed by atoms with Crippen molar-refractivity contribution >= 4 is 16.9 Å². The van der Waals surface area contributed by atoms with Crippen molar-refractivity contribution < 1.29 is 9.74 Å². The predicted molar refractivity (Wildman–Crippen MR) is 88.9 cm³/mol. The number of hydrogen-bond acceptors (Lipinski definition) is 8. The van der Waals surface area contributed by atoms with E-state index >= 15 is 0 Å². The van der Waals surface area contributed by atoms with Gasteiger partial charge in [0.25, 0.3) is 0 Å². The highest BCUT2D eigenvalue weighted by Gasteiger charge is 2.27. The van der Waals surface area contributed by atoms with E-state index in [1.807, 2.05) is 24.6 Å². The van der Waals surface area contributed by atoms with Gasteiger partial charge >= 0.3 is 0 Å². The fourth-order valence-electron chi connectivity index (χ4n) is 2.72. The SMILES string of the molecule is CCn1c(-c2nonc2N)nc2c(C(C)(C)O)nc(CNC)cc21. The smallest absolute Gasteiger partial charge is 0.199 e. The van der Waals surface area contributed by atoms with Crippen LogP contribution in [0.1, 0.15) is 32.2 Å². The lowest BCUT2D eigenvalue weighted by Gasteiger charge is -2.18. The summed E-state index contributed by atoms with van der Waals surface area (Å²) in [7, 11) is 1.85. The second-order valence-electron chi connectivity index (χ2n) is 6.10. The highest BCUT2D eigenvalue weighted by molar-refractivity contribution is 5.84. The van der Waals surface area contributed by atoms with Gasteiger partial charge in [-0.1, -0.05) is 0 Å². The quantitative estimate of drug-likeness (QED) is 0.632. The summed E-state index contributed by atoms with van der Waals surface area (Å²) in [6.45, 7) is 6.60. The fourth-order valence-corrected chi connectivity index (χ4v) is 2.72. The van der Waals surface area contributed by atoms with Gasteiger partial charge in [0, 0.05) is 13.1 Å². The number of aliphatic hydroxyl groups is 1. The number of anilines is 1. The molecule has 128 valence electrons. The van der Waals surface area contributed by atoms with Crippen LogP contribution in [0.25, 0.3) is 22.6 Å². The molecule has 0 unspecified atom stereocenters. The molecule has 4 N–H and O–H groups in total. The van der Waals surface area contributed by atoms with Gasteiger partial charge in [-0.3, -0.25) is 4.98 Å². The Morgan fingerprint density at radius 1 is 1.33 bits per heavy atom. The minimum atomic E-state index is -1.14. The molecule has 0 saturated heterocycles. The maximum Gasteiger partial charge on any atom is 0.199 e. The molecular formula is C15H21N7O2. The van der Waals surface area contributed by atoms with E-state index in [1.54, 1.807) is 13.8 Å². The molecule has 3 aromatic heterocycles. The van der Waals surface area contributed by atoms with Gasteiger partial charge in [0.05, 0.1) is 16.9 Å². The Balaban J connectivity index is 2.36. The third-order valence-corrected chi connectivity index (χ3v) is 3.77. The number of fused-ring (bicyclic) bond motifs is 1.